The van der Waals surface area contributed by atoms with Gasteiger partial charge in [-0.25, -0.2) is 18.4 Å². The second-order valence-electron chi connectivity index (χ2n) is 10.8. The van der Waals surface area contributed by atoms with Crippen LogP contribution in [0.1, 0.15) is 37.3 Å². The molecule has 2 bridgehead atoms. The van der Waals surface area contributed by atoms with Gasteiger partial charge in [-0.05, 0) is 37.8 Å². The Balaban J connectivity index is 1.30. The number of sulfone groups is 1. The molecule has 1 aromatic carbocycles. The molecule has 3 atom stereocenters. The number of aromatic nitrogens is 6. The molecule has 2 aliphatic rings. The van der Waals surface area contributed by atoms with E-state index < -0.39 is 9.84 Å². The first kappa shape index (κ1) is 25.4. The normalized spacial score (nSPS) is 20.5. The van der Waals surface area contributed by atoms with E-state index in [2.05, 4.69) is 25.0 Å². The van der Waals surface area contributed by atoms with Gasteiger partial charge >= 0.3 is 0 Å². The molecule has 0 saturated carbocycles. The molecular formula is C29H29N9O2S. The number of anilines is 3. The van der Waals surface area contributed by atoms with Gasteiger partial charge in [0.15, 0.2) is 15.5 Å². The molecule has 11 nitrogen and oxygen atoms in total. The first-order valence-corrected chi connectivity index (χ1v) is 15.4. The highest BCUT2D eigenvalue weighted by molar-refractivity contribution is 7.91. The molecule has 2 fully saturated rings. The van der Waals surface area contributed by atoms with Crippen LogP contribution in [0.25, 0.3) is 28.0 Å². The zero-order chi connectivity index (χ0) is 28.3. The van der Waals surface area contributed by atoms with Gasteiger partial charge in [-0.3, -0.25) is 4.98 Å². The third-order valence-corrected chi connectivity index (χ3v) is 9.35. The van der Waals surface area contributed by atoms with Crippen molar-refractivity contribution in [3.63, 3.8) is 0 Å². The quantitative estimate of drug-likeness (QED) is 0.320. The molecule has 208 valence electrons. The van der Waals surface area contributed by atoms with Crippen molar-refractivity contribution in [1.82, 2.24) is 29.5 Å². The minimum absolute atomic E-state index is 0.0512. The number of nitrogens with zero attached hydrogens (tertiary/aromatic N) is 7. The Morgan fingerprint density at radius 1 is 0.878 bits per heavy atom. The molecule has 0 unspecified atom stereocenters. The van der Waals surface area contributed by atoms with E-state index in [1.165, 1.54) is 10.8 Å². The lowest BCUT2D eigenvalue weighted by Crippen LogP contribution is -2.43. The van der Waals surface area contributed by atoms with Gasteiger partial charge in [0.2, 0.25) is 5.95 Å². The molecular weight excluding hydrogens is 538 g/mol. The highest BCUT2D eigenvalue weighted by atomic mass is 32.2. The third-order valence-electron chi connectivity index (χ3n) is 8.19. The van der Waals surface area contributed by atoms with E-state index >= 15 is 0 Å². The van der Waals surface area contributed by atoms with E-state index in [0.29, 0.717) is 35.9 Å². The molecule has 7 rings (SSSR count). The Labute approximate surface area is 237 Å². The number of benzene rings is 1. The summed E-state index contributed by atoms with van der Waals surface area (Å²) in [4.78, 5) is 20.9. The highest BCUT2D eigenvalue weighted by Gasteiger charge is 2.44. The number of hydrogen-bond donors (Lipinski definition) is 2. The predicted octanol–water partition coefficient (Wildman–Crippen LogP) is 3.73. The molecule has 12 heteroatoms. The fraction of sp³-hybridized carbons (Fsp3) is 0.276. The van der Waals surface area contributed by atoms with Gasteiger partial charge in [0.1, 0.15) is 16.5 Å². The van der Waals surface area contributed by atoms with E-state index in [-0.39, 0.29) is 28.7 Å². The van der Waals surface area contributed by atoms with Crippen molar-refractivity contribution in [2.45, 2.75) is 48.6 Å². The first-order valence-electron chi connectivity index (χ1n) is 13.5. The standard InChI is InChI=1S/C29H29N9O2S/c1-41(39,40)26-25(19-13-20-8-9-21(14-19)37(20)29-32-12-11-24(30)35-29)36-28-22(16-34-38(28)27(26)31)18-7-10-23(33-15-18)17-5-3-2-4-6-17/h2-7,10-12,15-16,19-21H,8-9,13-14,31H2,1H3,(H2,30,32,35)/t19-,20+,21-. The monoisotopic (exact) mass is 567 g/mol. The lowest BCUT2D eigenvalue weighted by atomic mass is 9.88. The van der Waals surface area contributed by atoms with Gasteiger partial charge in [0.05, 0.1) is 17.6 Å². The van der Waals surface area contributed by atoms with Crippen molar-refractivity contribution in [2.24, 2.45) is 0 Å². The highest BCUT2D eigenvalue weighted by Crippen LogP contribution is 2.46. The summed E-state index contributed by atoms with van der Waals surface area (Å²) in [6.07, 6.45) is 9.63. The molecule has 41 heavy (non-hydrogen) atoms. The number of nitrogen functional groups attached to an aromatic ring is 2. The molecule has 4 aromatic heterocycles. The van der Waals surface area contributed by atoms with Crippen molar-refractivity contribution in [3.05, 3.63) is 72.8 Å². The fourth-order valence-electron chi connectivity index (χ4n) is 6.42. The Hall–Kier alpha value is -4.58. The summed E-state index contributed by atoms with van der Waals surface area (Å²) in [6, 6.07) is 15.8. The first-order chi connectivity index (χ1) is 19.8. The zero-order valence-electron chi connectivity index (χ0n) is 22.4. The fourth-order valence-corrected chi connectivity index (χ4v) is 7.48. The van der Waals surface area contributed by atoms with Crippen molar-refractivity contribution in [1.29, 1.82) is 0 Å². The van der Waals surface area contributed by atoms with Crippen LogP contribution in [-0.2, 0) is 9.84 Å². The van der Waals surface area contributed by atoms with E-state index in [4.69, 9.17) is 16.5 Å². The van der Waals surface area contributed by atoms with Crippen molar-refractivity contribution >= 4 is 33.1 Å². The van der Waals surface area contributed by atoms with Crippen LogP contribution in [-0.4, -0.2) is 56.3 Å². The topological polar surface area (TPSA) is 158 Å². The largest absolute Gasteiger partial charge is 0.384 e. The number of fused-ring (bicyclic) bond motifs is 3. The number of pyridine rings is 1. The van der Waals surface area contributed by atoms with Gasteiger partial charge in [-0.1, -0.05) is 36.4 Å². The molecule has 0 spiro atoms. The maximum Gasteiger partial charge on any atom is 0.227 e. The molecule has 0 aliphatic carbocycles. The van der Waals surface area contributed by atoms with Gasteiger partial charge < -0.3 is 16.4 Å². The van der Waals surface area contributed by atoms with E-state index in [1.54, 1.807) is 24.7 Å². The maximum atomic E-state index is 13.1. The second kappa shape index (κ2) is 9.51. The molecule has 6 heterocycles. The number of rotatable bonds is 5. The molecule has 2 aliphatic heterocycles. The van der Waals surface area contributed by atoms with Gasteiger partial charge in [0.25, 0.3) is 0 Å². The van der Waals surface area contributed by atoms with Gasteiger partial charge in [-0.15, -0.1) is 0 Å². The number of nitrogens with two attached hydrogens (primary N) is 2. The number of piperidine rings is 1. The van der Waals surface area contributed by atoms with Crippen molar-refractivity contribution < 1.29 is 8.42 Å². The number of hydrogen-bond acceptors (Lipinski definition) is 10. The molecule has 0 amide bonds. The van der Waals surface area contributed by atoms with Crippen molar-refractivity contribution in [3.8, 4) is 22.4 Å². The Kier molecular flexibility index (Phi) is 5.89. The van der Waals surface area contributed by atoms with E-state index in [0.717, 1.165) is 35.2 Å². The summed E-state index contributed by atoms with van der Waals surface area (Å²) < 4.78 is 27.6. The van der Waals surface area contributed by atoms with Crippen LogP contribution < -0.4 is 16.4 Å². The minimum Gasteiger partial charge on any atom is -0.384 e. The Morgan fingerprint density at radius 3 is 2.29 bits per heavy atom. The summed E-state index contributed by atoms with van der Waals surface area (Å²) in [6.45, 7) is 0. The SMILES string of the molecule is CS(=O)(=O)c1c([C@H]2C[C@H]3CC[C@@H](C2)N3c2nccc(N)n2)nc2c(-c3ccc(-c4ccccc4)nc3)cnn2c1N. The summed E-state index contributed by atoms with van der Waals surface area (Å²) in [5.41, 5.74) is 16.9. The second-order valence-corrected chi connectivity index (χ2v) is 12.8. The summed E-state index contributed by atoms with van der Waals surface area (Å²) >= 11 is 0. The molecule has 4 N–H and O–H groups in total. The zero-order valence-corrected chi connectivity index (χ0v) is 23.2. The predicted molar refractivity (Wildman–Crippen MR) is 157 cm³/mol. The molecule has 5 aromatic rings. The smallest absolute Gasteiger partial charge is 0.227 e. The Bertz CT molecular complexity index is 1860. The maximum absolute atomic E-state index is 13.1. The van der Waals surface area contributed by atoms with Crippen LogP contribution in [0.5, 0.6) is 0 Å². The lowest BCUT2D eigenvalue weighted by molar-refractivity contribution is 0.400. The van der Waals surface area contributed by atoms with E-state index in [9.17, 15) is 8.42 Å². The van der Waals surface area contributed by atoms with Gasteiger partial charge in [-0.2, -0.15) is 14.6 Å². The van der Waals surface area contributed by atoms with Crippen LogP contribution in [0.15, 0.2) is 72.0 Å². The average Bonchev–Trinajstić information content (AvgIpc) is 3.51. The Morgan fingerprint density at radius 2 is 1.63 bits per heavy atom. The minimum atomic E-state index is -3.70. The molecule has 2 saturated heterocycles. The molecule has 0 radical (unpaired) electrons. The summed E-state index contributed by atoms with van der Waals surface area (Å²) in [7, 11) is -3.70. The lowest BCUT2D eigenvalue weighted by Gasteiger charge is -2.39. The van der Waals surface area contributed by atoms with Crippen LogP contribution in [0, 0.1) is 0 Å². The van der Waals surface area contributed by atoms with Crippen LogP contribution >= 0.6 is 0 Å². The average molecular weight is 568 g/mol. The summed E-state index contributed by atoms with van der Waals surface area (Å²) in [5, 5.41) is 4.44. The summed E-state index contributed by atoms with van der Waals surface area (Å²) in [5.74, 6) is 1.01. The third kappa shape index (κ3) is 4.34. The van der Waals surface area contributed by atoms with Crippen molar-refractivity contribution in [2.75, 3.05) is 22.6 Å². The van der Waals surface area contributed by atoms with E-state index in [1.807, 2.05) is 42.5 Å². The van der Waals surface area contributed by atoms with Crippen LogP contribution in [0.3, 0.4) is 0 Å². The van der Waals surface area contributed by atoms with Crippen LogP contribution in [0.4, 0.5) is 17.6 Å². The van der Waals surface area contributed by atoms with Gasteiger partial charge in [0, 0.05) is 53.3 Å². The van der Waals surface area contributed by atoms with Crippen LogP contribution in [0.2, 0.25) is 0 Å².